The number of carbonyl (C=O) groups excluding carboxylic acids is 1. The topological polar surface area (TPSA) is 69.6 Å². The van der Waals surface area contributed by atoms with Crippen LogP contribution in [0.3, 0.4) is 0 Å². The van der Waals surface area contributed by atoms with Crippen LogP contribution < -0.4 is 4.90 Å². The minimum Gasteiger partial charge on any atom is -0.388 e. The van der Waals surface area contributed by atoms with Crippen LogP contribution in [0.4, 0.5) is 5.95 Å². The van der Waals surface area contributed by atoms with Gasteiger partial charge in [-0.3, -0.25) is 4.79 Å². The van der Waals surface area contributed by atoms with Crippen molar-refractivity contribution >= 4 is 11.7 Å². The average molecular weight is 306 g/mol. The lowest BCUT2D eigenvalue weighted by molar-refractivity contribution is 0.00536. The fourth-order valence-electron chi connectivity index (χ4n) is 3.08. The molecule has 1 aromatic rings. The highest BCUT2D eigenvalue weighted by molar-refractivity contribution is 5.94. The first-order chi connectivity index (χ1) is 10.3. The highest BCUT2D eigenvalue weighted by atomic mass is 16.3. The maximum Gasteiger partial charge on any atom is 0.225 e. The van der Waals surface area contributed by atoms with Crippen molar-refractivity contribution < 1.29 is 9.90 Å². The number of Topliss-reactive ketones (excluding diaryl/α,β-unsaturated/α-hetero) is 1. The zero-order valence-corrected chi connectivity index (χ0v) is 14.0. The maximum atomic E-state index is 11.5. The van der Waals surface area contributed by atoms with Crippen LogP contribution in [-0.4, -0.2) is 65.1 Å². The average Bonchev–Trinajstić information content (AvgIpc) is 2.59. The van der Waals surface area contributed by atoms with Gasteiger partial charge in [0.05, 0.1) is 16.9 Å². The third-order valence-corrected chi connectivity index (χ3v) is 4.16. The summed E-state index contributed by atoms with van der Waals surface area (Å²) in [7, 11) is 3.96. The molecule has 1 fully saturated rings. The van der Waals surface area contributed by atoms with Gasteiger partial charge in [-0.05, 0) is 47.2 Å². The lowest BCUT2D eigenvalue weighted by atomic mass is 9.94. The fourth-order valence-corrected chi connectivity index (χ4v) is 3.08. The molecule has 1 aromatic heterocycles. The molecule has 122 valence electrons. The van der Waals surface area contributed by atoms with Crippen LogP contribution in [-0.2, 0) is 0 Å². The van der Waals surface area contributed by atoms with Gasteiger partial charge in [-0.15, -0.1) is 0 Å². The first kappa shape index (κ1) is 16.8. The molecule has 2 heterocycles. The van der Waals surface area contributed by atoms with Crippen LogP contribution in [0, 0.1) is 6.92 Å². The summed E-state index contributed by atoms with van der Waals surface area (Å²) in [5, 5.41) is 10.7. The minimum absolute atomic E-state index is 0.0136. The highest BCUT2D eigenvalue weighted by Crippen LogP contribution is 2.25. The van der Waals surface area contributed by atoms with Crippen molar-refractivity contribution in [2.24, 2.45) is 0 Å². The summed E-state index contributed by atoms with van der Waals surface area (Å²) in [6.07, 6.45) is 3.99. The predicted octanol–water partition coefficient (Wildman–Crippen LogP) is 1.27. The van der Waals surface area contributed by atoms with Gasteiger partial charge in [0, 0.05) is 25.8 Å². The second-order valence-electron chi connectivity index (χ2n) is 6.53. The number of ketones is 1. The second kappa shape index (κ2) is 6.71. The largest absolute Gasteiger partial charge is 0.388 e. The normalized spacial score (nSPS) is 22.7. The molecule has 0 aromatic carbocycles. The Kier molecular flexibility index (Phi) is 5.13. The van der Waals surface area contributed by atoms with Crippen LogP contribution in [0.2, 0.25) is 0 Å². The first-order valence-corrected chi connectivity index (χ1v) is 7.77. The third kappa shape index (κ3) is 4.01. The van der Waals surface area contributed by atoms with Gasteiger partial charge in [0.25, 0.3) is 0 Å². The van der Waals surface area contributed by atoms with Crippen molar-refractivity contribution in [1.82, 2.24) is 14.9 Å². The fraction of sp³-hybridized carbons (Fsp3) is 0.688. The molecule has 1 unspecified atom stereocenters. The molecule has 6 nitrogen and oxygen atoms in total. The maximum absolute atomic E-state index is 11.5. The minimum atomic E-state index is -0.646. The van der Waals surface area contributed by atoms with Gasteiger partial charge in [0.15, 0.2) is 5.78 Å². The van der Waals surface area contributed by atoms with E-state index in [9.17, 15) is 9.90 Å². The molecule has 1 aliphatic rings. The predicted molar refractivity (Wildman–Crippen MR) is 86.3 cm³/mol. The van der Waals surface area contributed by atoms with Crippen LogP contribution in [0.15, 0.2) is 6.20 Å². The molecular formula is C16H26N4O2. The molecule has 1 saturated heterocycles. The smallest absolute Gasteiger partial charge is 0.225 e. The van der Waals surface area contributed by atoms with E-state index in [-0.39, 0.29) is 5.78 Å². The van der Waals surface area contributed by atoms with Crippen LogP contribution in [0.25, 0.3) is 0 Å². The van der Waals surface area contributed by atoms with E-state index in [4.69, 9.17) is 0 Å². The van der Waals surface area contributed by atoms with Crippen molar-refractivity contribution in [2.45, 2.75) is 38.7 Å². The molecule has 0 saturated carbocycles. The van der Waals surface area contributed by atoms with E-state index in [2.05, 4.69) is 14.9 Å². The number of aromatic nitrogens is 2. The van der Waals surface area contributed by atoms with Gasteiger partial charge < -0.3 is 14.9 Å². The van der Waals surface area contributed by atoms with Crippen LogP contribution >= 0.6 is 0 Å². The standard InChI is InChI=1S/C16H26N4O2/c1-12-14(13(2)21)10-17-15(18-12)20-8-5-6-16(22,7-9-20)11-19(3)4/h10,22H,5-9,11H2,1-4H3. The van der Waals surface area contributed by atoms with Crippen molar-refractivity contribution in [2.75, 3.05) is 38.6 Å². The van der Waals surface area contributed by atoms with Crippen molar-refractivity contribution in [3.05, 3.63) is 17.5 Å². The SMILES string of the molecule is CC(=O)c1cnc(N2CCCC(O)(CN(C)C)CC2)nc1C. The Balaban J connectivity index is 2.11. The van der Waals surface area contributed by atoms with Crippen LogP contribution in [0.5, 0.6) is 0 Å². The third-order valence-electron chi connectivity index (χ3n) is 4.16. The monoisotopic (exact) mass is 306 g/mol. The zero-order valence-electron chi connectivity index (χ0n) is 14.0. The molecular weight excluding hydrogens is 280 g/mol. The van der Waals surface area contributed by atoms with Gasteiger partial charge >= 0.3 is 0 Å². The van der Waals surface area contributed by atoms with Gasteiger partial charge in [-0.25, -0.2) is 9.97 Å². The van der Waals surface area contributed by atoms with Crippen molar-refractivity contribution in [3.8, 4) is 0 Å². The van der Waals surface area contributed by atoms with E-state index >= 15 is 0 Å². The summed E-state index contributed by atoms with van der Waals surface area (Å²) in [6.45, 7) is 5.59. The van der Waals surface area contributed by atoms with Gasteiger partial charge in [0.2, 0.25) is 5.95 Å². The number of nitrogens with zero attached hydrogens (tertiary/aromatic N) is 4. The molecule has 1 aliphatic heterocycles. The number of anilines is 1. The molecule has 6 heteroatoms. The molecule has 0 spiro atoms. The molecule has 0 amide bonds. The highest BCUT2D eigenvalue weighted by Gasteiger charge is 2.31. The van der Waals surface area contributed by atoms with E-state index in [0.717, 1.165) is 25.9 Å². The van der Waals surface area contributed by atoms with Gasteiger partial charge in [0.1, 0.15) is 0 Å². The summed E-state index contributed by atoms with van der Waals surface area (Å²) < 4.78 is 0. The zero-order chi connectivity index (χ0) is 16.3. The lowest BCUT2D eigenvalue weighted by Crippen LogP contribution is -2.41. The number of aliphatic hydroxyl groups is 1. The summed E-state index contributed by atoms with van der Waals surface area (Å²) in [4.78, 5) is 24.4. The Morgan fingerprint density at radius 1 is 1.41 bits per heavy atom. The number of rotatable bonds is 4. The van der Waals surface area contributed by atoms with Crippen molar-refractivity contribution in [1.29, 1.82) is 0 Å². The summed E-state index contributed by atoms with van der Waals surface area (Å²) in [5.74, 6) is 0.636. The van der Waals surface area contributed by atoms with Crippen molar-refractivity contribution in [3.63, 3.8) is 0 Å². The number of aryl methyl sites for hydroxylation is 1. The second-order valence-corrected chi connectivity index (χ2v) is 6.53. The summed E-state index contributed by atoms with van der Waals surface area (Å²) in [6, 6.07) is 0. The Morgan fingerprint density at radius 2 is 2.14 bits per heavy atom. The number of hydrogen-bond donors (Lipinski definition) is 1. The summed E-state index contributed by atoms with van der Waals surface area (Å²) in [5.41, 5.74) is 0.639. The molecule has 1 N–H and O–H groups in total. The van der Waals surface area contributed by atoms with E-state index < -0.39 is 5.60 Å². The Bertz CT molecular complexity index is 547. The molecule has 22 heavy (non-hydrogen) atoms. The Hall–Kier alpha value is -1.53. The molecule has 1 atom stereocenters. The quantitative estimate of drug-likeness (QED) is 0.845. The van der Waals surface area contributed by atoms with E-state index in [1.54, 1.807) is 6.20 Å². The van der Waals surface area contributed by atoms with Gasteiger partial charge in [-0.1, -0.05) is 0 Å². The van der Waals surface area contributed by atoms with E-state index in [0.29, 0.717) is 30.2 Å². The Labute approximate surface area is 132 Å². The van der Waals surface area contributed by atoms with Crippen LogP contribution in [0.1, 0.15) is 42.2 Å². The Morgan fingerprint density at radius 3 is 2.73 bits per heavy atom. The molecule has 0 bridgehead atoms. The van der Waals surface area contributed by atoms with E-state index in [1.807, 2.05) is 25.9 Å². The van der Waals surface area contributed by atoms with Gasteiger partial charge in [-0.2, -0.15) is 0 Å². The number of carbonyl (C=O) groups is 1. The summed E-state index contributed by atoms with van der Waals surface area (Å²) >= 11 is 0. The first-order valence-electron chi connectivity index (χ1n) is 7.77. The number of hydrogen-bond acceptors (Lipinski definition) is 6. The lowest BCUT2D eigenvalue weighted by Gasteiger charge is -2.30. The van der Waals surface area contributed by atoms with E-state index in [1.165, 1.54) is 6.92 Å². The number of likely N-dealkylation sites (N-methyl/N-ethyl adjacent to an activating group) is 1. The molecule has 0 aliphatic carbocycles. The molecule has 2 rings (SSSR count). The molecule has 0 radical (unpaired) electrons.